The number of halogens is 1. The Morgan fingerprint density at radius 2 is 1.97 bits per heavy atom. The van der Waals surface area contributed by atoms with Crippen molar-refractivity contribution in [3.63, 3.8) is 0 Å². The van der Waals surface area contributed by atoms with Gasteiger partial charge in [0, 0.05) is 22.7 Å². The number of carbonyl (C=O) groups is 2. The number of amides is 2. The minimum Gasteiger partial charge on any atom is -0.423 e. The van der Waals surface area contributed by atoms with Crippen molar-refractivity contribution in [3.8, 4) is 0 Å². The maximum atomic E-state index is 13.9. The van der Waals surface area contributed by atoms with Crippen LogP contribution in [0.3, 0.4) is 0 Å². The Labute approximate surface area is 179 Å². The highest BCUT2D eigenvalue weighted by atomic mass is 32.2. The maximum absolute atomic E-state index is 13.9. The van der Waals surface area contributed by atoms with Crippen LogP contribution in [0.2, 0.25) is 0 Å². The van der Waals surface area contributed by atoms with Gasteiger partial charge in [-0.15, -0.1) is 0 Å². The first-order chi connectivity index (χ1) is 14.4. The molecule has 0 radical (unpaired) electrons. The van der Waals surface area contributed by atoms with Crippen molar-refractivity contribution < 1.29 is 18.4 Å². The first kappa shape index (κ1) is 20.0. The number of rotatable bonds is 4. The van der Waals surface area contributed by atoms with Gasteiger partial charge in [-0.3, -0.25) is 14.5 Å². The van der Waals surface area contributed by atoms with Crippen molar-refractivity contribution in [1.29, 1.82) is 0 Å². The lowest BCUT2D eigenvalue weighted by Gasteiger charge is -2.14. The number of thiocarbonyl (C=S) groups is 1. The van der Waals surface area contributed by atoms with Crippen molar-refractivity contribution in [2.24, 2.45) is 0 Å². The molecule has 6 nitrogen and oxygen atoms in total. The first-order valence-electron chi connectivity index (χ1n) is 8.74. The third-order valence-electron chi connectivity index (χ3n) is 4.27. The molecule has 1 aliphatic rings. The standard InChI is InChI=1S/C21H13FN2O4S2/c22-15-4-2-1-3-12(15)10-17-20(27)24(21(29)30-17)11-18(25)23-14-6-7-16-13(9-14)5-8-19(26)28-16/h1-10H,11H2,(H,23,25)/b17-10-. The molecule has 0 spiro atoms. The van der Waals surface area contributed by atoms with E-state index in [1.54, 1.807) is 42.5 Å². The normalized spacial score (nSPS) is 15.2. The van der Waals surface area contributed by atoms with Gasteiger partial charge in [0.15, 0.2) is 0 Å². The molecule has 30 heavy (non-hydrogen) atoms. The SMILES string of the molecule is O=C(CN1C(=O)/C(=C/c2ccccc2F)SC1=S)Nc1ccc2oc(=O)ccc2c1. The van der Waals surface area contributed by atoms with Gasteiger partial charge in [-0.05, 0) is 36.4 Å². The molecule has 1 aliphatic heterocycles. The second-order valence-electron chi connectivity index (χ2n) is 6.34. The summed E-state index contributed by atoms with van der Waals surface area (Å²) < 4.78 is 19.1. The Kier molecular flexibility index (Phi) is 5.47. The second-order valence-corrected chi connectivity index (χ2v) is 8.02. The van der Waals surface area contributed by atoms with Gasteiger partial charge in [0.1, 0.15) is 22.3 Å². The van der Waals surface area contributed by atoms with Crippen LogP contribution in [-0.4, -0.2) is 27.6 Å². The van der Waals surface area contributed by atoms with Gasteiger partial charge < -0.3 is 9.73 Å². The predicted molar refractivity (Wildman–Crippen MR) is 117 cm³/mol. The van der Waals surface area contributed by atoms with Crippen LogP contribution in [0, 0.1) is 5.82 Å². The fraction of sp³-hybridized carbons (Fsp3) is 0.0476. The van der Waals surface area contributed by atoms with Crippen LogP contribution in [0.15, 0.2) is 68.7 Å². The summed E-state index contributed by atoms with van der Waals surface area (Å²) in [7, 11) is 0. The lowest BCUT2D eigenvalue weighted by Crippen LogP contribution is -2.36. The Morgan fingerprint density at radius 3 is 2.77 bits per heavy atom. The summed E-state index contributed by atoms with van der Waals surface area (Å²) in [5.41, 5.74) is 0.687. The molecule has 0 atom stereocenters. The lowest BCUT2D eigenvalue weighted by molar-refractivity contribution is -0.126. The smallest absolute Gasteiger partial charge is 0.336 e. The van der Waals surface area contributed by atoms with Crippen LogP contribution in [0.1, 0.15) is 5.56 Å². The zero-order valence-electron chi connectivity index (χ0n) is 15.3. The van der Waals surface area contributed by atoms with E-state index < -0.39 is 23.3 Å². The summed E-state index contributed by atoms with van der Waals surface area (Å²) in [5, 5.41) is 3.33. The summed E-state index contributed by atoms with van der Waals surface area (Å²) in [6.07, 6.45) is 1.42. The van der Waals surface area contributed by atoms with E-state index in [-0.39, 0.29) is 21.3 Å². The lowest BCUT2D eigenvalue weighted by atomic mass is 10.2. The summed E-state index contributed by atoms with van der Waals surface area (Å²) in [4.78, 5) is 37.7. The van der Waals surface area contributed by atoms with Crippen LogP contribution in [0.25, 0.3) is 17.0 Å². The van der Waals surface area contributed by atoms with E-state index in [1.165, 1.54) is 23.1 Å². The second kappa shape index (κ2) is 8.21. The zero-order chi connectivity index (χ0) is 21.3. The van der Waals surface area contributed by atoms with Gasteiger partial charge in [-0.25, -0.2) is 9.18 Å². The van der Waals surface area contributed by atoms with E-state index in [1.807, 2.05) is 0 Å². The average Bonchev–Trinajstić information content (AvgIpc) is 2.97. The third-order valence-corrected chi connectivity index (χ3v) is 5.65. The highest BCUT2D eigenvalue weighted by Crippen LogP contribution is 2.32. The molecule has 2 amide bonds. The summed E-state index contributed by atoms with van der Waals surface area (Å²) in [6.45, 7) is -0.277. The van der Waals surface area contributed by atoms with Crippen LogP contribution >= 0.6 is 24.0 Å². The molecule has 2 heterocycles. The van der Waals surface area contributed by atoms with Gasteiger partial charge >= 0.3 is 5.63 Å². The first-order valence-corrected chi connectivity index (χ1v) is 9.97. The summed E-state index contributed by atoms with van der Waals surface area (Å²) in [5.74, 6) is -1.36. The highest BCUT2D eigenvalue weighted by Gasteiger charge is 2.33. The molecule has 0 saturated carbocycles. The topological polar surface area (TPSA) is 79.6 Å². The van der Waals surface area contributed by atoms with Crippen molar-refractivity contribution in [2.45, 2.75) is 0 Å². The van der Waals surface area contributed by atoms with Crippen LogP contribution in [0.5, 0.6) is 0 Å². The Bertz CT molecular complexity index is 1290. The predicted octanol–water partition coefficient (Wildman–Crippen LogP) is 3.77. The number of hydrogen-bond donors (Lipinski definition) is 1. The van der Waals surface area contributed by atoms with Crippen LogP contribution in [-0.2, 0) is 9.59 Å². The molecular weight excluding hydrogens is 427 g/mol. The van der Waals surface area contributed by atoms with E-state index in [0.29, 0.717) is 16.7 Å². The van der Waals surface area contributed by atoms with E-state index in [0.717, 1.165) is 11.8 Å². The number of benzene rings is 2. The fourth-order valence-electron chi connectivity index (χ4n) is 2.86. The monoisotopic (exact) mass is 440 g/mol. The van der Waals surface area contributed by atoms with Crippen LogP contribution in [0.4, 0.5) is 10.1 Å². The Hall–Kier alpha value is -3.30. The molecule has 4 rings (SSSR count). The quantitative estimate of drug-likeness (QED) is 0.378. The molecule has 150 valence electrons. The third kappa shape index (κ3) is 4.17. The number of thioether (sulfide) groups is 1. The Balaban J connectivity index is 1.47. The molecule has 1 aromatic heterocycles. The summed E-state index contributed by atoms with van der Waals surface area (Å²) in [6, 6.07) is 13.8. The van der Waals surface area contributed by atoms with Crippen molar-refractivity contribution in [1.82, 2.24) is 4.90 Å². The molecule has 1 saturated heterocycles. The number of carbonyl (C=O) groups excluding carboxylic acids is 2. The van der Waals surface area contributed by atoms with Gasteiger partial charge in [-0.1, -0.05) is 42.2 Å². The van der Waals surface area contributed by atoms with Crippen molar-refractivity contribution in [2.75, 3.05) is 11.9 Å². The van der Waals surface area contributed by atoms with Gasteiger partial charge in [-0.2, -0.15) is 0 Å². The number of anilines is 1. The number of fused-ring (bicyclic) bond motifs is 1. The number of nitrogens with zero attached hydrogens (tertiary/aromatic N) is 1. The largest absolute Gasteiger partial charge is 0.423 e. The number of nitrogens with one attached hydrogen (secondary N) is 1. The van der Waals surface area contributed by atoms with E-state index >= 15 is 0 Å². The summed E-state index contributed by atoms with van der Waals surface area (Å²) >= 11 is 6.23. The molecule has 9 heteroatoms. The molecule has 2 aromatic carbocycles. The molecule has 1 N–H and O–H groups in total. The molecular formula is C21H13FN2O4S2. The molecule has 1 fully saturated rings. The van der Waals surface area contributed by atoms with E-state index in [4.69, 9.17) is 16.6 Å². The minimum absolute atomic E-state index is 0.220. The Morgan fingerprint density at radius 1 is 1.17 bits per heavy atom. The van der Waals surface area contributed by atoms with Crippen molar-refractivity contribution >= 4 is 62.8 Å². The van der Waals surface area contributed by atoms with Gasteiger partial charge in [0.25, 0.3) is 5.91 Å². The molecule has 0 aliphatic carbocycles. The van der Waals surface area contributed by atoms with E-state index in [9.17, 15) is 18.8 Å². The van der Waals surface area contributed by atoms with Gasteiger partial charge in [0.05, 0.1) is 4.91 Å². The molecule has 0 bridgehead atoms. The maximum Gasteiger partial charge on any atom is 0.336 e. The zero-order valence-corrected chi connectivity index (χ0v) is 16.9. The highest BCUT2D eigenvalue weighted by molar-refractivity contribution is 8.26. The molecule has 0 unspecified atom stereocenters. The van der Waals surface area contributed by atoms with E-state index in [2.05, 4.69) is 5.32 Å². The average molecular weight is 440 g/mol. The van der Waals surface area contributed by atoms with Crippen LogP contribution < -0.4 is 10.9 Å². The van der Waals surface area contributed by atoms with Crippen molar-refractivity contribution in [3.05, 3.63) is 81.3 Å². The molecule has 3 aromatic rings. The van der Waals surface area contributed by atoms with Gasteiger partial charge in [0.2, 0.25) is 5.91 Å². The fourth-order valence-corrected chi connectivity index (χ4v) is 4.11. The number of hydrogen-bond acceptors (Lipinski definition) is 6. The minimum atomic E-state index is -0.461.